The van der Waals surface area contributed by atoms with Crippen LogP contribution in [0, 0.1) is 0 Å². The molecule has 4 N–H and O–H groups in total. The fourth-order valence-corrected chi connectivity index (χ4v) is 2.09. The second-order valence-corrected chi connectivity index (χ2v) is 9.76. The summed E-state index contributed by atoms with van der Waals surface area (Å²) in [5.74, 6) is 0. The Hall–Kier alpha value is -2.14. The quantitative estimate of drug-likeness (QED) is 0.0576. The van der Waals surface area contributed by atoms with E-state index in [1.165, 1.54) is 7.48 Å². The van der Waals surface area contributed by atoms with Gasteiger partial charge in [-0.15, -0.1) is 0 Å². The number of hydrogen-bond donors (Lipinski definition) is 3. The predicted octanol–water partition coefficient (Wildman–Crippen LogP) is 2.30. The van der Waals surface area contributed by atoms with Crippen molar-refractivity contribution in [1.29, 1.82) is 0 Å². The summed E-state index contributed by atoms with van der Waals surface area (Å²) in [6.45, 7) is 13.9. The maximum Gasteiger partial charge on any atom is 1.00 e. The normalized spacial score (nSPS) is 10.4. The van der Waals surface area contributed by atoms with Gasteiger partial charge in [0.25, 0.3) is 0 Å². The third kappa shape index (κ3) is 44.9. The Morgan fingerprint density at radius 3 is 1.57 bits per heavy atom. The van der Waals surface area contributed by atoms with E-state index in [2.05, 4.69) is 20.3 Å². The largest absolute Gasteiger partial charge is 1.00 e. The van der Waals surface area contributed by atoms with Crippen LogP contribution in [0.4, 0.5) is 9.59 Å². The first-order chi connectivity index (χ1) is 19.6. The Balaban J connectivity index is -0.000000155. The molecule has 0 bridgehead atoms. The maximum absolute atomic E-state index is 11.2. The Bertz CT molecular complexity index is 650. The molecule has 0 atom stereocenters. The molecule has 15 nitrogen and oxygen atoms in total. The molecule has 0 heterocycles. The molecular formula is C25H55B2N3O12+. The number of rotatable bonds is 16. The van der Waals surface area contributed by atoms with Gasteiger partial charge < -0.3 is 49.6 Å². The number of carbonyl (C=O) groups excluding carboxylic acids is 3. The van der Waals surface area contributed by atoms with Gasteiger partial charge in [-0.25, -0.2) is 9.59 Å². The fourth-order valence-electron chi connectivity index (χ4n) is 2.09. The van der Waals surface area contributed by atoms with Gasteiger partial charge in [-0.3, -0.25) is 0 Å². The van der Waals surface area contributed by atoms with E-state index < -0.39 is 23.4 Å². The van der Waals surface area contributed by atoms with Crippen molar-refractivity contribution < 1.29 is 58.6 Å². The zero-order chi connectivity index (χ0) is 33.5. The van der Waals surface area contributed by atoms with Crippen molar-refractivity contribution >= 4 is 33.1 Å². The molecule has 0 rings (SSSR count). The predicted molar refractivity (Wildman–Crippen MR) is 159 cm³/mol. The summed E-state index contributed by atoms with van der Waals surface area (Å²) in [6.07, 6.45) is 1.09. The summed E-state index contributed by atoms with van der Waals surface area (Å²) in [6, 6.07) is 0. The van der Waals surface area contributed by atoms with Crippen LogP contribution in [0.1, 0.15) is 62.2 Å². The summed E-state index contributed by atoms with van der Waals surface area (Å²) in [5, 5.41) is 5.06. The van der Waals surface area contributed by atoms with Gasteiger partial charge >= 0.3 is 56.0 Å². The topological polar surface area (TPSA) is 192 Å². The van der Waals surface area contributed by atoms with Crippen molar-refractivity contribution in [1.82, 2.24) is 10.6 Å². The summed E-state index contributed by atoms with van der Waals surface area (Å²) in [5.41, 5.74) is 4.27. The molecule has 0 saturated heterocycles. The molecule has 0 aromatic heterocycles. The van der Waals surface area contributed by atoms with E-state index in [1.807, 2.05) is 20.8 Å². The number of methoxy groups -OCH3 is 4. The molecule has 0 aromatic carbocycles. The Labute approximate surface area is 254 Å². The van der Waals surface area contributed by atoms with Gasteiger partial charge in [0.2, 0.25) is 0 Å². The van der Waals surface area contributed by atoms with Crippen molar-refractivity contribution in [2.45, 2.75) is 91.4 Å². The summed E-state index contributed by atoms with van der Waals surface area (Å²) in [7, 11) is 8.28. The molecule has 0 unspecified atom stereocenters. The van der Waals surface area contributed by atoms with Gasteiger partial charge in [-0.1, -0.05) is 0 Å². The Morgan fingerprint density at radius 1 is 0.833 bits per heavy atom. The van der Waals surface area contributed by atoms with Crippen molar-refractivity contribution in [3.63, 3.8) is 0 Å². The number of ether oxygens (including phenoxy) is 6. The first-order valence-corrected chi connectivity index (χ1v) is 13.3. The van der Waals surface area contributed by atoms with E-state index in [-0.39, 0.29) is 20.5 Å². The first-order valence-electron chi connectivity index (χ1n) is 13.3. The van der Waals surface area contributed by atoms with Crippen LogP contribution in [0.25, 0.3) is 0 Å². The zero-order valence-electron chi connectivity index (χ0n) is 28.3. The zero-order valence-corrected chi connectivity index (χ0v) is 27.3. The average Bonchev–Trinajstić information content (AvgIpc) is 2.89. The summed E-state index contributed by atoms with van der Waals surface area (Å²) >= 11 is 0. The van der Waals surface area contributed by atoms with Crippen molar-refractivity contribution in [3.05, 3.63) is 0 Å². The number of amides is 2. The molecule has 0 fully saturated rings. The van der Waals surface area contributed by atoms with Crippen LogP contribution in [-0.4, -0.2) is 111 Å². The van der Waals surface area contributed by atoms with Crippen molar-refractivity contribution in [3.8, 4) is 0 Å². The van der Waals surface area contributed by atoms with Crippen molar-refractivity contribution in [2.75, 3.05) is 54.6 Å². The molecule has 0 saturated carbocycles. The second kappa shape index (κ2) is 31.8. The summed E-state index contributed by atoms with van der Waals surface area (Å²) in [4.78, 5) is 40.4. The van der Waals surface area contributed by atoms with E-state index in [0.29, 0.717) is 39.6 Å². The van der Waals surface area contributed by atoms with Gasteiger partial charge in [0.05, 0.1) is 0 Å². The van der Waals surface area contributed by atoms with Gasteiger partial charge in [0, 0.05) is 60.8 Å². The van der Waals surface area contributed by atoms with Crippen LogP contribution < -0.4 is 16.4 Å². The second-order valence-electron chi connectivity index (χ2n) is 9.76. The van der Waals surface area contributed by atoms with E-state index >= 15 is 0 Å². The van der Waals surface area contributed by atoms with Crippen LogP contribution in [0.15, 0.2) is 0 Å². The number of aldehydes is 1. The fraction of sp³-hybridized carbons (Fsp3) is 0.880. The van der Waals surface area contributed by atoms with E-state index in [1.54, 1.807) is 56.0 Å². The van der Waals surface area contributed by atoms with Gasteiger partial charge in [-0.2, -0.15) is 0 Å². The standard InChI is InChI=1S/C10H21NO4.C8H15NO3.C5H13NO2.C2H5B2O3/c1-10(2,3)15-9(12)11-7-6-8(13-4)14-5;1-8(2,3)12-7(11)9-5-4-6-10;1-7-5(8-2)3-4-6;1-3-7-6-2-4-5/h8H,6-7H2,1-5H3,(H,11,12);6H,4-5H2,1-3H3,(H,9,11);5H,3-4,6H2,1-2H3;2H2,1H3/p+1. The van der Waals surface area contributed by atoms with Crippen LogP contribution >= 0.6 is 0 Å². The number of carbonyl (C=O) groups is 3. The average molecular weight is 611 g/mol. The molecular weight excluding hydrogens is 556 g/mol. The monoisotopic (exact) mass is 611 g/mol. The van der Waals surface area contributed by atoms with Crippen molar-refractivity contribution in [2.24, 2.45) is 5.73 Å². The maximum atomic E-state index is 11.2. The molecule has 17 heteroatoms. The molecule has 247 valence electrons. The smallest absolute Gasteiger partial charge is 1.00 e. The van der Waals surface area contributed by atoms with E-state index in [0.717, 1.165) is 12.7 Å². The number of alkyl carbamates (subject to hydrolysis) is 2. The molecule has 1 radical (unpaired) electrons. The molecule has 0 aliphatic heterocycles. The molecule has 0 aliphatic carbocycles. The van der Waals surface area contributed by atoms with Gasteiger partial charge in [0.1, 0.15) is 17.5 Å². The van der Waals surface area contributed by atoms with E-state index in [4.69, 9.17) is 34.2 Å². The molecule has 2 amide bonds. The number of hydrogen-bond acceptors (Lipinski definition) is 13. The number of nitrogens with two attached hydrogens (primary N) is 1. The Morgan fingerprint density at radius 2 is 1.26 bits per heavy atom. The van der Waals surface area contributed by atoms with Crippen LogP contribution in [-0.2, 0) is 47.6 Å². The Kier molecular flexibility index (Phi) is 35.4. The van der Waals surface area contributed by atoms with E-state index in [9.17, 15) is 19.1 Å². The number of nitrogens with one attached hydrogen (secondary N) is 2. The van der Waals surface area contributed by atoms with Crippen LogP contribution in [0.2, 0.25) is 6.82 Å². The minimum Gasteiger partial charge on any atom is 1.00 e. The minimum atomic E-state index is -0.482. The third-order valence-corrected chi connectivity index (χ3v) is 3.73. The summed E-state index contributed by atoms with van der Waals surface area (Å²) < 4.78 is 39.0. The third-order valence-electron chi connectivity index (χ3n) is 3.73. The molecule has 42 heavy (non-hydrogen) atoms. The minimum absolute atomic E-state index is 0. The van der Waals surface area contributed by atoms with Crippen LogP contribution in [0.3, 0.4) is 0 Å². The molecule has 0 aliphatic rings. The van der Waals surface area contributed by atoms with Crippen LogP contribution in [0.5, 0.6) is 0 Å². The molecule has 0 aromatic rings. The van der Waals surface area contributed by atoms with Gasteiger partial charge in [-0.05, 0) is 48.1 Å². The first kappa shape index (κ1) is 46.8. The SMILES string of the molecule is CC(C)(C)OC(=O)NCCC=O.COC(CCN)OC.COC(CCNC(=O)OC(C)(C)C)OC.C[B]OOCB=O.[H+]. The molecule has 0 spiro atoms. The van der Waals surface area contributed by atoms with Gasteiger partial charge in [0.15, 0.2) is 12.6 Å².